The van der Waals surface area contributed by atoms with Crippen LogP contribution < -0.4 is 10.1 Å². The molecule has 0 saturated heterocycles. The Balaban J connectivity index is 1.59. The SMILES string of the molecule is COCCn1cc(C)nc1NCC1Cc2ccccc2O1. The van der Waals surface area contributed by atoms with Gasteiger partial charge in [0.1, 0.15) is 11.9 Å². The zero-order chi connectivity index (χ0) is 14.7. The smallest absolute Gasteiger partial charge is 0.203 e. The molecule has 5 heteroatoms. The van der Waals surface area contributed by atoms with Gasteiger partial charge in [0.25, 0.3) is 0 Å². The Morgan fingerprint density at radius 2 is 2.29 bits per heavy atom. The molecule has 0 bridgehead atoms. The number of fused-ring (bicyclic) bond motifs is 1. The van der Waals surface area contributed by atoms with E-state index >= 15 is 0 Å². The van der Waals surface area contributed by atoms with E-state index in [0.717, 1.165) is 36.9 Å². The Labute approximate surface area is 124 Å². The summed E-state index contributed by atoms with van der Waals surface area (Å²) < 4.78 is 13.1. The molecule has 112 valence electrons. The van der Waals surface area contributed by atoms with Gasteiger partial charge in [-0.05, 0) is 18.6 Å². The van der Waals surface area contributed by atoms with Crippen molar-refractivity contribution in [3.63, 3.8) is 0 Å². The molecule has 0 radical (unpaired) electrons. The van der Waals surface area contributed by atoms with Crippen LogP contribution >= 0.6 is 0 Å². The van der Waals surface area contributed by atoms with E-state index in [1.807, 2.05) is 25.3 Å². The van der Waals surface area contributed by atoms with Crippen molar-refractivity contribution in [2.75, 3.05) is 25.6 Å². The van der Waals surface area contributed by atoms with Crippen LogP contribution in [-0.4, -0.2) is 35.9 Å². The number of benzene rings is 1. The largest absolute Gasteiger partial charge is 0.488 e. The minimum atomic E-state index is 0.162. The van der Waals surface area contributed by atoms with Crippen LogP contribution in [0, 0.1) is 6.92 Å². The summed E-state index contributed by atoms with van der Waals surface area (Å²) in [7, 11) is 1.71. The quantitative estimate of drug-likeness (QED) is 0.885. The normalized spacial score (nSPS) is 16.6. The molecule has 1 aromatic carbocycles. The molecule has 0 spiro atoms. The first-order valence-electron chi connectivity index (χ1n) is 7.27. The summed E-state index contributed by atoms with van der Waals surface area (Å²) >= 11 is 0. The fourth-order valence-corrected chi connectivity index (χ4v) is 2.62. The number of hydrogen-bond donors (Lipinski definition) is 1. The lowest BCUT2D eigenvalue weighted by atomic mass is 10.1. The van der Waals surface area contributed by atoms with E-state index in [1.54, 1.807) is 7.11 Å². The zero-order valence-electron chi connectivity index (χ0n) is 12.5. The Morgan fingerprint density at radius 1 is 1.43 bits per heavy atom. The standard InChI is InChI=1S/C16H21N3O2/c1-12-11-19(7-8-20-2)16(18-12)17-10-14-9-13-5-3-4-6-15(13)21-14/h3-6,11,14H,7-10H2,1-2H3,(H,17,18). The van der Waals surface area contributed by atoms with Crippen molar-refractivity contribution >= 4 is 5.95 Å². The van der Waals surface area contributed by atoms with Crippen LogP contribution in [0.5, 0.6) is 5.75 Å². The number of ether oxygens (including phenoxy) is 2. The van der Waals surface area contributed by atoms with Gasteiger partial charge in [0.2, 0.25) is 5.95 Å². The minimum Gasteiger partial charge on any atom is -0.488 e. The van der Waals surface area contributed by atoms with E-state index in [0.29, 0.717) is 6.61 Å². The van der Waals surface area contributed by atoms with Crippen molar-refractivity contribution in [1.82, 2.24) is 9.55 Å². The van der Waals surface area contributed by atoms with Crippen molar-refractivity contribution in [2.24, 2.45) is 0 Å². The molecule has 1 aliphatic heterocycles. The van der Waals surface area contributed by atoms with Crippen molar-refractivity contribution in [2.45, 2.75) is 26.0 Å². The summed E-state index contributed by atoms with van der Waals surface area (Å²) in [5.74, 6) is 1.88. The van der Waals surface area contributed by atoms with Crippen LogP contribution in [0.15, 0.2) is 30.5 Å². The fraction of sp³-hybridized carbons (Fsp3) is 0.438. The molecular formula is C16H21N3O2. The summed E-state index contributed by atoms with van der Waals surface area (Å²) in [6, 6.07) is 8.21. The Hall–Kier alpha value is -2.01. The summed E-state index contributed by atoms with van der Waals surface area (Å²) in [5, 5.41) is 3.39. The van der Waals surface area contributed by atoms with Gasteiger partial charge in [-0.15, -0.1) is 0 Å². The van der Waals surface area contributed by atoms with Gasteiger partial charge >= 0.3 is 0 Å². The average molecular weight is 287 g/mol. The third-order valence-electron chi connectivity index (χ3n) is 3.63. The minimum absolute atomic E-state index is 0.162. The van der Waals surface area contributed by atoms with Crippen LogP contribution in [0.2, 0.25) is 0 Å². The summed E-state index contributed by atoms with van der Waals surface area (Å²) in [4.78, 5) is 4.51. The molecule has 1 aromatic heterocycles. The number of imidazole rings is 1. The van der Waals surface area contributed by atoms with Gasteiger partial charge < -0.3 is 19.4 Å². The first kappa shape index (κ1) is 13.9. The number of aryl methyl sites for hydroxylation is 1. The van der Waals surface area contributed by atoms with E-state index < -0.39 is 0 Å². The first-order chi connectivity index (χ1) is 10.3. The lowest BCUT2D eigenvalue weighted by molar-refractivity contribution is 0.187. The lowest BCUT2D eigenvalue weighted by Gasteiger charge is -2.13. The van der Waals surface area contributed by atoms with Gasteiger partial charge in [0, 0.05) is 26.3 Å². The molecular weight excluding hydrogens is 266 g/mol. The van der Waals surface area contributed by atoms with Gasteiger partial charge in [-0.3, -0.25) is 0 Å². The third kappa shape index (κ3) is 3.19. The predicted octanol–water partition coefficient (Wildman–Crippen LogP) is 2.25. The molecule has 1 N–H and O–H groups in total. The Kier molecular flexibility index (Phi) is 4.10. The van der Waals surface area contributed by atoms with E-state index in [9.17, 15) is 0 Å². The summed E-state index contributed by atoms with van der Waals surface area (Å²) in [6.07, 6.45) is 3.14. The highest BCUT2D eigenvalue weighted by atomic mass is 16.5. The lowest BCUT2D eigenvalue weighted by Crippen LogP contribution is -2.25. The van der Waals surface area contributed by atoms with Crippen molar-refractivity contribution in [1.29, 1.82) is 0 Å². The average Bonchev–Trinajstić information content (AvgIpc) is 3.05. The maximum atomic E-state index is 5.93. The molecule has 2 heterocycles. The van der Waals surface area contributed by atoms with E-state index in [1.165, 1.54) is 5.56 Å². The number of aromatic nitrogens is 2. The highest BCUT2D eigenvalue weighted by molar-refractivity contribution is 5.38. The predicted molar refractivity (Wildman–Crippen MR) is 81.9 cm³/mol. The molecule has 1 atom stereocenters. The van der Waals surface area contributed by atoms with Gasteiger partial charge in [-0.2, -0.15) is 0 Å². The van der Waals surface area contributed by atoms with Crippen LogP contribution in [0.4, 0.5) is 5.95 Å². The Morgan fingerprint density at radius 3 is 3.10 bits per heavy atom. The number of hydrogen-bond acceptors (Lipinski definition) is 4. The van der Waals surface area contributed by atoms with Crippen LogP contribution in [0.1, 0.15) is 11.3 Å². The molecule has 21 heavy (non-hydrogen) atoms. The van der Waals surface area contributed by atoms with Gasteiger partial charge in [0.15, 0.2) is 0 Å². The molecule has 3 rings (SSSR count). The maximum absolute atomic E-state index is 5.93. The van der Waals surface area contributed by atoms with Gasteiger partial charge in [0.05, 0.1) is 18.8 Å². The number of anilines is 1. The van der Waals surface area contributed by atoms with Crippen LogP contribution in [0.25, 0.3) is 0 Å². The van der Waals surface area contributed by atoms with E-state index in [-0.39, 0.29) is 6.10 Å². The van der Waals surface area contributed by atoms with Gasteiger partial charge in [-0.25, -0.2) is 4.98 Å². The summed E-state index contributed by atoms with van der Waals surface area (Å²) in [5.41, 5.74) is 2.28. The molecule has 0 amide bonds. The number of nitrogens with one attached hydrogen (secondary N) is 1. The topological polar surface area (TPSA) is 48.3 Å². The number of rotatable bonds is 6. The van der Waals surface area contributed by atoms with E-state index in [2.05, 4.69) is 27.0 Å². The van der Waals surface area contributed by atoms with Gasteiger partial charge in [-0.1, -0.05) is 18.2 Å². The third-order valence-corrected chi connectivity index (χ3v) is 3.63. The second-order valence-electron chi connectivity index (χ2n) is 5.32. The molecule has 0 saturated carbocycles. The highest BCUT2D eigenvalue weighted by Gasteiger charge is 2.22. The molecule has 1 unspecified atom stereocenters. The molecule has 2 aromatic rings. The van der Waals surface area contributed by atoms with Crippen molar-refractivity contribution in [3.05, 3.63) is 41.7 Å². The van der Waals surface area contributed by atoms with Crippen molar-refractivity contribution < 1.29 is 9.47 Å². The maximum Gasteiger partial charge on any atom is 0.203 e. The molecule has 0 aliphatic carbocycles. The summed E-state index contributed by atoms with van der Waals surface area (Å²) in [6.45, 7) is 4.22. The first-order valence-corrected chi connectivity index (χ1v) is 7.27. The number of nitrogens with zero attached hydrogens (tertiary/aromatic N) is 2. The van der Waals surface area contributed by atoms with Crippen LogP contribution in [-0.2, 0) is 17.7 Å². The zero-order valence-corrected chi connectivity index (χ0v) is 12.5. The molecule has 1 aliphatic rings. The van der Waals surface area contributed by atoms with E-state index in [4.69, 9.17) is 9.47 Å². The number of para-hydroxylation sites is 1. The Bertz CT molecular complexity index is 584. The number of methoxy groups -OCH3 is 1. The second kappa shape index (κ2) is 6.18. The fourth-order valence-electron chi connectivity index (χ4n) is 2.62. The molecule has 5 nitrogen and oxygen atoms in total. The second-order valence-corrected chi connectivity index (χ2v) is 5.32. The monoisotopic (exact) mass is 287 g/mol. The highest BCUT2D eigenvalue weighted by Crippen LogP contribution is 2.28. The molecule has 0 fully saturated rings. The van der Waals surface area contributed by atoms with Crippen molar-refractivity contribution in [3.8, 4) is 5.75 Å². The van der Waals surface area contributed by atoms with Crippen LogP contribution in [0.3, 0.4) is 0 Å².